The van der Waals surface area contributed by atoms with E-state index in [2.05, 4.69) is 12.1 Å². The quantitative estimate of drug-likeness (QED) is 0.836. The first-order valence-corrected chi connectivity index (χ1v) is 8.43. The molecule has 0 N–H and O–H groups in total. The molecule has 1 heterocycles. The molecule has 5 heteroatoms. The summed E-state index contributed by atoms with van der Waals surface area (Å²) in [6.07, 6.45) is 2.73. The van der Waals surface area contributed by atoms with Gasteiger partial charge in [0.25, 0.3) is 5.91 Å². The van der Waals surface area contributed by atoms with E-state index in [1.54, 1.807) is 12.0 Å². The molecule has 0 unspecified atom stereocenters. The topological polar surface area (TPSA) is 29.5 Å². The van der Waals surface area contributed by atoms with Crippen LogP contribution in [0.1, 0.15) is 28.8 Å². The second kappa shape index (κ2) is 7.64. The van der Waals surface area contributed by atoms with Crippen LogP contribution in [0.4, 0.5) is 8.78 Å². The van der Waals surface area contributed by atoms with E-state index in [0.29, 0.717) is 19.0 Å². The second-order valence-electron chi connectivity index (χ2n) is 6.45. The van der Waals surface area contributed by atoms with Gasteiger partial charge >= 0.3 is 0 Å². The number of carbonyl (C=O) groups is 1. The largest absolute Gasteiger partial charge is 0.497 e. The van der Waals surface area contributed by atoms with Crippen LogP contribution in [0.3, 0.4) is 0 Å². The molecule has 0 atom stereocenters. The Bertz CT molecular complexity index is 718. The van der Waals surface area contributed by atoms with Crippen molar-refractivity contribution >= 4 is 5.91 Å². The monoisotopic (exact) mass is 345 g/mol. The standard InChI is InChI=1S/C20H21F2NO2/c1-25-19-4-2-14(3-5-19)10-15-6-8-23(9-7-15)20(24)16-11-17(21)13-18(22)12-16/h2-5,11-13,15H,6-10H2,1H3. The summed E-state index contributed by atoms with van der Waals surface area (Å²) in [4.78, 5) is 14.1. The highest BCUT2D eigenvalue weighted by Crippen LogP contribution is 2.24. The van der Waals surface area contributed by atoms with Gasteiger partial charge in [0.1, 0.15) is 17.4 Å². The Morgan fingerprint density at radius 3 is 2.24 bits per heavy atom. The Kier molecular flexibility index (Phi) is 5.31. The van der Waals surface area contributed by atoms with Gasteiger partial charge in [0.05, 0.1) is 7.11 Å². The van der Waals surface area contributed by atoms with Crippen LogP contribution in [0.5, 0.6) is 5.75 Å². The summed E-state index contributed by atoms with van der Waals surface area (Å²) in [5, 5.41) is 0. The first kappa shape index (κ1) is 17.4. The number of hydrogen-bond acceptors (Lipinski definition) is 2. The van der Waals surface area contributed by atoms with Crippen molar-refractivity contribution in [2.75, 3.05) is 20.2 Å². The number of hydrogen-bond donors (Lipinski definition) is 0. The van der Waals surface area contributed by atoms with Gasteiger partial charge in [0.2, 0.25) is 0 Å². The fraction of sp³-hybridized carbons (Fsp3) is 0.350. The first-order chi connectivity index (χ1) is 12.0. The van der Waals surface area contributed by atoms with Gasteiger partial charge in [-0.2, -0.15) is 0 Å². The van der Waals surface area contributed by atoms with Crippen molar-refractivity contribution in [3.05, 3.63) is 65.2 Å². The second-order valence-corrected chi connectivity index (χ2v) is 6.45. The molecule has 1 aliphatic heterocycles. The van der Waals surface area contributed by atoms with Crippen LogP contribution in [0.25, 0.3) is 0 Å². The summed E-state index contributed by atoms with van der Waals surface area (Å²) in [7, 11) is 1.65. The average Bonchev–Trinajstić information content (AvgIpc) is 2.61. The van der Waals surface area contributed by atoms with Crippen molar-refractivity contribution in [2.24, 2.45) is 5.92 Å². The number of amides is 1. The van der Waals surface area contributed by atoms with Crippen LogP contribution in [0.2, 0.25) is 0 Å². The van der Waals surface area contributed by atoms with E-state index in [1.165, 1.54) is 5.56 Å². The van der Waals surface area contributed by atoms with E-state index in [0.717, 1.165) is 43.2 Å². The Balaban J connectivity index is 1.56. The average molecular weight is 345 g/mol. The highest BCUT2D eigenvalue weighted by molar-refractivity contribution is 5.94. The minimum Gasteiger partial charge on any atom is -0.497 e. The van der Waals surface area contributed by atoms with Crippen molar-refractivity contribution in [1.82, 2.24) is 4.90 Å². The molecule has 25 heavy (non-hydrogen) atoms. The third kappa shape index (κ3) is 4.35. The van der Waals surface area contributed by atoms with E-state index < -0.39 is 11.6 Å². The van der Waals surface area contributed by atoms with Crippen LogP contribution in [-0.4, -0.2) is 31.0 Å². The molecular formula is C20H21F2NO2. The summed E-state index contributed by atoms with van der Waals surface area (Å²) in [5.74, 6) is -0.412. The van der Waals surface area contributed by atoms with E-state index in [4.69, 9.17) is 4.74 Å². The van der Waals surface area contributed by atoms with Gasteiger partial charge in [-0.15, -0.1) is 0 Å². The molecule has 3 rings (SSSR count). The lowest BCUT2D eigenvalue weighted by atomic mass is 9.90. The number of benzene rings is 2. The fourth-order valence-electron chi connectivity index (χ4n) is 3.30. The first-order valence-electron chi connectivity index (χ1n) is 8.43. The van der Waals surface area contributed by atoms with Crippen molar-refractivity contribution in [1.29, 1.82) is 0 Å². The van der Waals surface area contributed by atoms with Crippen molar-refractivity contribution in [3.63, 3.8) is 0 Å². The zero-order valence-corrected chi connectivity index (χ0v) is 14.2. The molecular weight excluding hydrogens is 324 g/mol. The normalized spacial score (nSPS) is 15.2. The van der Waals surface area contributed by atoms with Gasteiger partial charge in [-0.05, 0) is 55.0 Å². The van der Waals surface area contributed by atoms with Gasteiger partial charge in [0, 0.05) is 24.7 Å². The summed E-state index contributed by atoms with van der Waals surface area (Å²) in [5.41, 5.74) is 1.32. The molecule has 1 saturated heterocycles. The van der Waals surface area contributed by atoms with Crippen LogP contribution < -0.4 is 4.74 Å². The zero-order valence-electron chi connectivity index (χ0n) is 14.2. The molecule has 132 valence electrons. The van der Waals surface area contributed by atoms with E-state index >= 15 is 0 Å². The number of nitrogens with zero attached hydrogens (tertiary/aromatic N) is 1. The van der Waals surface area contributed by atoms with Gasteiger partial charge < -0.3 is 9.64 Å². The minimum atomic E-state index is -0.724. The highest BCUT2D eigenvalue weighted by atomic mass is 19.1. The lowest BCUT2D eigenvalue weighted by molar-refractivity contribution is 0.0689. The summed E-state index contributed by atoms with van der Waals surface area (Å²) in [6.45, 7) is 1.22. The third-order valence-electron chi connectivity index (χ3n) is 4.69. The molecule has 2 aromatic rings. The maximum atomic E-state index is 13.3. The lowest BCUT2D eigenvalue weighted by Gasteiger charge is -2.32. The van der Waals surface area contributed by atoms with Gasteiger partial charge in [-0.3, -0.25) is 4.79 Å². The molecule has 2 aromatic carbocycles. The molecule has 0 radical (unpaired) electrons. The highest BCUT2D eigenvalue weighted by Gasteiger charge is 2.24. The molecule has 0 aliphatic carbocycles. The Morgan fingerprint density at radius 2 is 1.68 bits per heavy atom. The van der Waals surface area contributed by atoms with Crippen molar-refractivity contribution in [3.8, 4) is 5.75 Å². The smallest absolute Gasteiger partial charge is 0.254 e. The summed E-state index contributed by atoms with van der Waals surface area (Å²) >= 11 is 0. The Hall–Kier alpha value is -2.43. The van der Waals surface area contributed by atoms with Crippen LogP contribution in [-0.2, 0) is 6.42 Å². The molecule has 0 spiro atoms. The zero-order chi connectivity index (χ0) is 17.8. The lowest BCUT2D eigenvalue weighted by Crippen LogP contribution is -2.39. The Labute approximate surface area is 146 Å². The van der Waals surface area contributed by atoms with E-state index in [1.807, 2.05) is 12.1 Å². The fourth-order valence-corrected chi connectivity index (χ4v) is 3.30. The number of methoxy groups -OCH3 is 1. The maximum absolute atomic E-state index is 13.3. The maximum Gasteiger partial charge on any atom is 0.254 e. The number of likely N-dealkylation sites (tertiary alicyclic amines) is 1. The number of carbonyl (C=O) groups excluding carboxylic acids is 1. The summed E-state index contributed by atoms with van der Waals surface area (Å²) in [6, 6.07) is 11.0. The van der Waals surface area contributed by atoms with Crippen LogP contribution >= 0.6 is 0 Å². The van der Waals surface area contributed by atoms with Crippen LogP contribution in [0, 0.1) is 17.6 Å². The number of halogens is 2. The van der Waals surface area contributed by atoms with E-state index in [-0.39, 0.29) is 11.5 Å². The van der Waals surface area contributed by atoms with Gasteiger partial charge in [-0.25, -0.2) is 8.78 Å². The molecule has 1 amide bonds. The van der Waals surface area contributed by atoms with Gasteiger partial charge in [0.15, 0.2) is 0 Å². The van der Waals surface area contributed by atoms with E-state index in [9.17, 15) is 13.6 Å². The number of piperidine rings is 1. The minimum absolute atomic E-state index is 0.0751. The molecule has 1 aliphatic rings. The summed E-state index contributed by atoms with van der Waals surface area (Å²) < 4.78 is 31.7. The molecule has 1 fully saturated rings. The van der Waals surface area contributed by atoms with Gasteiger partial charge in [-0.1, -0.05) is 12.1 Å². The molecule has 0 bridgehead atoms. The Morgan fingerprint density at radius 1 is 1.08 bits per heavy atom. The van der Waals surface area contributed by atoms with Crippen LogP contribution in [0.15, 0.2) is 42.5 Å². The third-order valence-corrected chi connectivity index (χ3v) is 4.69. The molecule has 0 aromatic heterocycles. The predicted molar refractivity (Wildman–Crippen MR) is 91.7 cm³/mol. The number of ether oxygens (including phenoxy) is 1. The predicted octanol–water partition coefficient (Wildman–Crippen LogP) is 4.07. The molecule has 0 saturated carbocycles. The SMILES string of the molecule is COc1ccc(CC2CCN(C(=O)c3cc(F)cc(F)c3)CC2)cc1. The van der Waals surface area contributed by atoms with Crippen molar-refractivity contribution < 1.29 is 18.3 Å². The number of rotatable bonds is 4. The van der Waals surface area contributed by atoms with Crippen molar-refractivity contribution in [2.45, 2.75) is 19.3 Å². The molecule has 3 nitrogen and oxygen atoms in total.